The van der Waals surface area contributed by atoms with E-state index in [0.29, 0.717) is 12.1 Å². The molecule has 0 heterocycles. The Balaban J connectivity index is 1.94. The van der Waals surface area contributed by atoms with Crippen molar-refractivity contribution in [2.45, 2.75) is 4.90 Å². The molecule has 1 N–H and O–H groups in total. The van der Waals surface area contributed by atoms with Crippen molar-refractivity contribution in [1.29, 1.82) is 0 Å². The molecule has 27 heavy (non-hydrogen) atoms. The molecule has 0 radical (unpaired) electrons. The number of carbonyl (C=O) groups is 2. The summed E-state index contributed by atoms with van der Waals surface area (Å²) in [7, 11) is -4.69. The summed E-state index contributed by atoms with van der Waals surface area (Å²) in [6.07, 6.45) is 0. The van der Waals surface area contributed by atoms with Gasteiger partial charge in [0.25, 0.3) is 0 Å². The predicted octanol–water partition coefficient (Wildman–Crippen LogP) is 1.95. The minimum absolute atomic E-state index is 0.268. The lowest BCUT2D eigenvalue weighted by Crippen LogP contribution is -2.32. The van der Waals surface area contributed by atoms with Crippen LogP contribution in [0.4, 0.5) is 17.6 Å². The number of ether oxygens (including phenoxy) is 1. The van der Waals surface area contributed by atoms with Crippen LogP contribution in [-0.4, -0.2) is 33.3 Å². The second-order valence-electron chi connectivity index (χ2n) is 5.09. The summed E-state index contributed by atoms with van der Waals surface area (Å²) in [5.74, 6) is -7.25. The minimum atomic E-state index is -4.69. The van der Waals surface area contributed by atoms with Crippen LogP contribution in [0.5, 0.6) is 0 Å². The van der Waals surface area contributed by atoms with Gasteiger partial charge in [-0.05, 0) is 30.3 Å². The average Bonchev–Trinajstić information content (AvgIpc) is 2.60. The molecular weight excluding hydrogens is 394 g/mol. The van der Waals surface area contributed by atoms with Crippen molar-refractivity contribution in [1.82, 2.24) is 4.72 Å². The zero-order chi connectivity index (χ0) is 20.2. The third-order valence-corrected chi connectivity index (χ3v) is 4.65. The summed E-state index contributed by atoms with van der Waals surface area (Å²) in [4.78, 5) is 22.0. The van der Waals surface area contributed by atoms with Gasteiger partial charge in [0.1, 0.15) is 18.2 Å². The van der Waals surface area contributed by atoms with Crippen LogP contribution >= 0.6 is 0 Å². The average molecular weight is 405 g/mol. The van der Waals surface area contributed by atoms with Crippen molar-refractivity contribution in [3.63, 3.8) is 0 Å². The van der Waals surface area contributed by atoms with Gasteiger partial charge < -0.3 is 4.74 Å². The molecule has 0 fully saturated rings. The predicted molar refractivity (Wildman–Crippen MR) is 83.2 cm³/mol. The molecule has 2 aromatic carbocycles. The molecule has 0 aliphatic rings. The van der Waals surface area contributed by atoms with Crippen LogP contribution in [0.2, 0.25) is 0 Å². The van der Waals surface area contributed by atoms with Gasteiger partial charge in [0.05, 0.1) is 0 Å². The maximum atomic E-state index is 13.5. The summed E-state index contributed by atoms with van der Waals surface area (Å²) in [6.45, 7) is -1.89. The first-order chi connectivity index (χ1) is 12.6. The smallest absolute Gasteiger partial charge is 0.321 e. The second-order valence-corrected chi connectivity index (χ2v) is 6.79. The Labute approximate surface area is 150 Å². The Morgan fingerprint density at radius 1 is 0.926 bits per heavy atom. The van der Waals surface area contributed by atoms with Crippen LogP contribution in [-0.2, 0) is 19.6 Å². The fourth-order valence-electron chi connectivity index (χ4n) is 1.92. The summed E-state index contributed by atoms with van der Waals surface area (Å²) >= 11 is 0. The molecule has 0 aliphatic heterocycles. The number of halogens is 4. The summed E-state index contributed by atoms with van der Waals surface area (Å²) in [6, 6.07) is 4.68. The molecule has 144 valence electrons. The Morgan fingerprint density at radius 2 is 1.56 bits per heavy atom. The van der Waals surface area contributed by atoms with E-state index in [4.69, 9.17) is 0 Å². The number of carbonyl (C=O) groups excluding carboxylic acids is 2. The summed E-state index contributed by atoms with van der Waals surface area (Å²) in [5.41, 5.74) is -0.268. The van der Waals surface area contributed by atoms with Gasteiger partial charge in [0.15, 0.2) is 28.9 Å². The molecule has 11 heteroatoms. The van der Waals surface area contributed by atoms with Gasteiger partial charge in [0.2, 0.25) is 10.0 Å². The van der Waals surface area contributed by atoms with Gasteiger partial charge in [0, 0.05) is 5.56 Å². The van der Waals surface area contributed by atoms with Crippen LogP contribution < -0.4 is 4.72 Å². The highest BCUT2D eigenvalue weighted by atomic mass is 32.2. The first kappa shape index (κ1) is 20.5. The van der Waals surface area contributed by atoms with Gasteiger partial charge in [-0.1, -0.05) is 6.07 Å². The molecular formula is C16H11F4NO5S. The van der Waals surface area contributed by atoms with Crippen molar-refractivity contribution in [3.8, 4) is 0 Å². The topological polar surface area (TPSA) is 89.5 Å². The fraction of sp³-hybridized carbons (Fsp3) is 0.125. The first-order valence-electron chi connectivity index (χ1n) is 7.19. The number of esters is 1. The Hall–Kier alpha value is -2.79. The molecule has 2 rings (SSSR count). The number of rotatable bonds is 7. The number of ketones is 1. The second kappa shape index (κ2) is 8.27. The van der Waals surface area contributed by atoms with Crippen LogP contribution in [0, 0.1) is 23.3 Å². The van der Waals surface area contributed by atoms with E-state index in [-0.39, 0.29) is 5.56 Å². The number of hydrogen-bond donors (Lipinski definition) is 1. The van der Waals surface area contributed by atoms with E-state index < -0.39 is 63.1 Å². The molecule has 0 aromatic heterocycles. The largest absolute Gasteiger partial charge is 0.456 e. The Bertz CT molecular complexity index is 974. The maximum absolute atomic E-state index is 13.5. The lowest BCUT2D eigenvalue weighted by Gasteiger charge is -2.09. The highest BCUT2D eigenvalue weighted by Crippen LogP contribution is 2.17. The lowest BCUT2D eigenvalue weighted by molar-refractivity contribution is -0.141. The van der Waals surface area contributed by atoms with Gasteiger partial charge in [-0.15, -0.1) is 0 Å². The number of sulfonamides is 1. The summed E-state index contributed by atoms with van der Waals surface area (Å²) < 4.78 is 82.7. The monoisotopic (exact) mass is 405 g/mol. The molecule has 2 aromatic rings. The number of nitrogens with one attached hydrogen (secondary N) is 1. The van der Waals surface area contributed by atoms with E-state index in [1.165, 1.54) is 0 Å². The zero-order valence-corrected chi connectivity index (χ0v) is 14.2. The zero-order valence-electron chi connectivity index (χ0n) is 13.3. The molecule has 0 unspecified atom stereocenters. The molecule has 0 bridgehead atoms. The SMILES string of the molecule is O=C(CNS(=O)(=O)c1c(F)cccc1F)OCC(=O)c1ccc(F)c(F)c1. The number of Topliss-reactive ketones (excluding diaryl/α,β-unsaturated/α-hetero) is 1. The van der Waals surface area contributed by atoms with Crippen molar-refractivity contribution in [2.75, 3.05) is 13.2 Å². The van der Waals surface area contributed by atoms with Gasteiger partial charge in [-0.3, -0.25) is 9.59 Å². The highest BCUT2D eigenvalue weighted by molar-refractivity contribution is 7.89. The van der Waals surface area contributed by atoms with Gasteiger partial charge >= 0.3 is 5.97 Å². The third-order valence-electron chi connectivity index (χ3n) is 3.20. The first-order valence-corrected chi connectivity index (χ1v) is 8.67. The van der Waals surface area contributed by atoms with E-state index in [0.717, 1.165) is 24.3 Å². The van der Waals surface area contributed by atoms with Crippen molar-refractivity contribution in [2.24, 2.45) is 0 Å². The van der Waals surface area contributed by atoms with Crippen LogP contribution in [0.3, 0.4) is 0 Å². The molecule has 0 saturated heterocycles. The Kier molecular flexibility index (Phi) is 6.28. The lowest BCUT2D eigenvalue weighted by atomic mass is 10.1. The quantitative estimate of drug-likeness (QED) is 0.432. The van der Waals surface area contributed by atoms with Gasteiger partial charge in [-0.25, -0.2) is 26.0 Å². The molecule has 0 atom stereocenters. The standard InChI is InChI=1S/C16H11F4NO5S/c17-10-5-4-9(6-13(10)20)14(22)8-26-15(23)7-21-27(24,25)16-11(18)2-1-3-12(16)19/h1-6,21H,7-8H2. The molecule has 0 aliphatic carbocycles. The van der Waals surface area contributed by atoms with Crippen LogP contribution in [0.25, 0.3) is 0 Å². The molecule has 0 amide bonds. The van der Waals surface area contributed by atoms with Crippen molar-refractivity contribution in [3.05, 3.63) is 65.2 Å². The number of benzene rings is 2. The van der Waals surface area contributed by atoms with Gasteiger partial charge in [-0.2, -0.15) is 4.72 Å². The Morgan fingerprint density at radius 3 is 2.15 bits per heavy atom. The number of hydrogen-bond acceptors (Lipinski definition) is 5. The van der Waals surface area contributed by atoms with Crippen molar-refractivity contribution >= 4 is 21.8 Å². The molecule has 0 spiro atoms. The van der Waals surface area contributed by atoms with Crippen LogP contribution in [0.15, 0.2) is 41.3 Å². The third kappa shape index (κ3) is 5.11. The summed E-state index contributed by atoms with van der Waals surface area (Å²) in [5, 5.41) is 0. The van der Waals surface area contributed by atoms with E-state index in [2.05, 4.69) is 4.74 Å². The van der Waals surface area contributed by atoms with E-state index >= 15 is 0 Å². The van der Waals surface area contributed by atoms with E-state index in [1.807, 2.05) is 0 Å². The van der Waals surface area contributed by atoms with E-state index in [1.54, 1.807) is 4.72 Å². The molecule has 0 saturated carbocycles. The normalized spacial score (nSPS) is 11.3. The van der Waals surface area contributed by atoms with E-state index in [9.17, 15) is 35.6 Å². The molecule has 6 nitrogen and oxygen atoms in total. The highest BCUT2D eigenvalue weighted by Gasteiger charge is 2.24. The fourth-order valence-corrected chi connectivity index (χ4v) is 3.02. The van der Waals surface area contributed by atoms with Crippen molar-refractivity contribution < 1.29 is 40.3 Å². The maximum Gasteiger partial charge on any atom is 0.321 e. The van der Waals surface area contributed by atoms with Crippen LogP contribution in [0.1, 0.15) is 10.4 Å². The minimum Gasteiger partial charge on any atom is -0.456 e.